The topological polar surface area (TPSA) is 29.9 Å². The van der Waals surface area contributed by atoms with Crippen molar-refractivity contribution in [1.82, 2.24) is 14.9 Å². The summed E-state index contributed by atoms with van der Waals surface area (Å²) in [7, 11) is 2.08. The molecule has 0 aliphatic heterocycles. The van der Waals surface area contributed by atoms with Gasteiger partial charge in [-0.2, -0.15) is 0 Å². The molecule has 3 aromatic rings. The van der Waals surface area contributed by atoms with Crippen LogP contribution in [-0.4, -0.2) is 9.55 Å². The highest BCUT2D eigenvalue weighted by atomic mass is 32.1. The quantitative estimate of drug-likeness (QED) is 0.790. The average molecular weight is 285 g/mol. The summed E-state index contributed by atoms with van der Waals surface area (Å²) >= 11 is 1.85. The number of rotatable bonds is 4. The maximum Gasteiger partial charge on any atom is 0.123 e. The van der Waals surface area contributed by atoms with Crippen LogP contribution < -0.4 is 5.32 Å². The minimum atomic E-state index is 0.355. The van der Waals surface area contributed by atoms with Crippen LogP contribution in [0.4, 0.5) is 0 Å². The average Bonchev–Trinajstić information content (AvgIpc) is 3.01. The molecule has 0 amide bonds. The van der Waals surface area contributed by atoms with Crippen molar-refractivity contribution >= 4 is 22.4 Å². The van der Waals surface area contributed by atoms with Crippen molar-refractivity contribution in [3.63, 3.8) is 0 Å². The first-order chi connectivity index (χ1) is 9.65. The fourth-order valence-electron chi connectivity index (χ4n) is 2.38. The number of imidazole rings is 1. The van der Waals surface area contributed by atoms with Crippen LogP contribution in [0.15, 0.2) is 36.4 Å². The summed E-state index contributed by atoms with van der Waals surface area (Å²) in [6, 6.07) is 13.0. The first kappa shape index (κ1) is 13.3. The lowest BCUT2D eigenvalue weighted by atomic mass is 10.2. The molecule has 3 nitrogen and oxygen atoms in total. The SMILES string of the molecule is Cc1ccc(C(C)NCc2nc3ccccc3n2C)s1. The van der Waals surface area contributed by atoms with Gasteiger partial charge in [-0.25, -0.2) is 4.98 Å². The third-order valence-electron chi connectivity index (χ3n) is 3.63. The van der Waals surface area contributed by atoms with E-state index < -0.39 is 0 Å². The van der Waals surface area contributed by atoms with E-state index in [-0.39, 0.29) is 0 Å². The highest BCUT2D eigenvalue weighted by Gasteiger charge is 2.10. The normalized spacial score (nSPS) is 12.9. The molecule has 2 aromatic heterocycles. The van der Waals surface area contributed by atoms with Crippen LogP contribution in [0.2, 0.25) is 0 Å². The first-order valence-corrected chi connectivity index (χ1v) is 7.67. The van der Waals surface area contributed by atoms with E-state index in [0.717, 1.165) is 17.9 Å². The molecule has 0 spiro atoms. The molecule has 0 bridgehead atoms. The molecule has 0 aliphatic carbocycles. The first-order valence-electron chi connectivity index (χ1n) is 6.85. The van der Waals surface area contributed by atoms with Crippen molar-refractivity contribution in [3.05, 3.63) is 52.0 Å². The molecule has 2 heterocycles. The summed E-state index contributed by atoms with van der Waals surface area (Å²) in [5, 5.41) is 3.56. The van der Waals surface area contributed by atoms with E-state index in [9.17, 15) is 0 Å². The number of aromatic nitrogens is 2. The zero-order valence-corrected chi connectivity index (χ0v) is 12.9. The van der Waals surface area contributed by atoms with E-state index in [4.69, 9.17) is 0 Å². The van der Waals surface area contributed by atoms with E-state index in [0.29, 0.717) is 6.04 Å². The predicted octanol–water partition coefficient (Wildman–Crippen LogP) is 3.79. The minimum Gasteiger partial charge on any atom is -0.330 e. The van der Waals surface area contributed by atoms with Gasteiger partial charge in [-0.15, -0.1) is 11.3 Å². The maximum atomic E-state index is 4.69. The summed E-state index contributed by atoms with van der Waals surface area (Å²) in [5.74, 6) is 1.08. The molecule has 1 atom stereocenters. The molecule has 0 saturated heterocycles. The summed E-state index contributed by atoms with van der Waals surface area (Å²) < 4.78 is 2.16. The van der Waals surface area contributed by atoms with Gasteiger partial charge in [0.1, 0.15) is 5.82 Å². The Morgan fingerprint density at radius 1 is 1.25 bits per heavy atom. The van der Waals surface area contributed by atoms with Gasteiger partial charge in [0.05, 0.1) is 17.6 Å². The van der Waals surface area contributed by atoms with Crippen LogP contribution in [0.3, 0.4) is 0 Å². The van der Waals surface area contributed by atoms with Crippen molar-refractivity contribution in [2.75, 3.05) is 0 Å². The Morgan fingerprint density at radius 3 is 2.75 bits per heavy atom. The monoisotopic (exact) mass is 285 g/mol. The molecular weight excluding hydrogens is 266 g/mol. The number of hydrogen-bond donors (Lipinski definition) is 1. The number of aryl methyl sites for hydroxylation is 2. The van der Waals surface area contributed by atoms with Crippen LogP contribution in [0.1, 0.15) is 28.5 Å². The molecule has 0 radical (unpaired) electrons. The van der Waals surface area contributed by atoms with Crippen LogP contribution >= 0.6 is 11.3 Å². The van der Waals surface area contributed by atoms with Gasteiger partial charge in [0.15, 0.2) is 0 Å². The molecule has 4 heteroatoms. The van der Waals surface area contributed by atoms with Gasteiger partial charge in [-0.05, 0) is 38.1 Å². The minimum absolute atomic E-state index is 0.355. The fourth-order valence-corrected chi connectivity index (χ4v) is 3.29. The second-order valence-corrected chi connectivity index (χ2v) is 6.45. The van der Waals surface area contributed by atoms with Gasteiger partial charge in [0.25, 0.3) is 0 Å². The highest BCUT2D eigenvalue weighted by Crippen LogP contribution is 2.22. The van der Waals surface area contributed by atoms with E-state index in [2.05, 4.69) is 66.1 Å². The third kappa shape index (κ3) is 2.49. The van der Waals surface area contributed by atoms with Crippen LogP contribution in [0.25, 0.3) is 11.0 Å². The van der Waals surface area contributed by atoms with Gasteiger partial charge in [0.2, 0.25) is 0 Å². The number of para-hydroxylation sites is 2. The van der Waals surface area contributed by atoms with Crippen molar-refractivity contribution in [2.45, 2.75) is 26.4 Å². The molecule has 0 aliphatic rings. The van der Waals surface area contributed by atoms with E-state index in [1.807, 2.05) is 17.4 Å². The summed E-state index contributed by atoms with van der Waals surface area (Å²) in [4.78, 5) is 7.42. The zero-order chi connectivity index (χ0) is 14.1. The Bertz CT molecular complexity index is 726. The second kappa shape index (κ2) is 5.38. The van der Waals surface area contributed by atoms with Gasteiger partial charge >= 0.3 is 0 Å². The van der Waals surface area contributed by atoms with Gasteiger partial charge in [-0.1, -0.05) is 12.1 Å². The molecule has 1 unspecified atom stereocenters. The van der Waals surface area contributed by atoms with Gasteiger partial charge < -0.3 is 9.88 Å². The molecule has 0 saturated carbocycles. The Hall–Kier alpha value is -1.65. The molecule has 20 heavy (non-hydrogen) atoms. The maximum absolute atomic E-state index is 4.69. The van der Waals surface area contributed by atoms with Crippen molar-refractivity contribution in [3.8, 4) is 0 Å². The number of nitrogens with one attached hydrogen (secondary N) is 1. The van der Waals surface area contributed by atoms with Crippen LogP contribution in [0, 0.1) is 6.92 Å². The molecule has 1 N–H and O–H groups in total. The lowest BCUT2D eigenvalue weighted by Crippen LogP contribution is -2.19. The zero-order valence-electron chi connectivity index (χ0n) is 12.1. The third-order valence-corrected chi connectivity index (χ3v) is 4.82. The largest absolute Gasteiger partial charge is 0.330 e. The number of benzene rings is 1. The fraction of sp³-hybridized carbons (Fsp3) is 0.312. The highest BCUT2D eigenvalue weighted by molar-refractivity contribution is 7.12. The Balaban J connectivity index is 1.75. The van der Waals surface area contributed by atoms with E-state index in [1.165, 1.54) is 15.3 Å². The molecule has 0 fully saturated rings. The van der Waals surface area contributed by atoms with E-state index in [1.54, 1.807) is 0 Å². The number of fused-ring (bicyclic) bond motifs is 1. The molecule has 3 rings (SSSR count). The number of nitrogens with zero attached hydrogens (tertiary/aromatic N) is 2. The van der Waals surface area contributed by atoms with E-state index >= 15 is 0 Å². The Kier molecular flexibility index (Phi) is 3.59. The van der Waals surface area contributed by atoms with Gasteiger partial charge in [-0.3, -0.25) is 0 Å². The number of hydrogen-bond acceptors (Lipinski definition) is 3. The number of thiophene rings is 1. The molecule has 1 aromatic carbocycles. The van der Waals surface area contributed by atoms with Crippen LogP contribution in [-0.2, 0) is 13.6 Å². The predicted molar refractivity (Wildman–Crippen MR) is 85.0 cm³/mol. The summed E-state index contributed by atoms with van der Waals surface area (Å²) in [6.45, 7) is 5.13. The van der Waals surface area contributed by atoms with Crippen LogP contribution in [0.5, 0.6) is 0 Å². The summed E-state index contributed by atoms with van der Waals surface area (Å²) in [6.07, 6.45) is 0. The van der Waals surface area contributed by atoms with Gasteiger partial charge in [0, 0.05) is 22.8 Å². The standard InChI is InChI=1S/C16H19N3S/c1-11-8-9-15(20-11)12(2)17-10-16-18-13-6-4-5-7-14(13)19(16)3/h4-9,12,17H,10H2,1-3H3. The molecular formula is C16H19N3S. The Morgan fingerprint density at radius 2 is 2.05 bits per heavy atom. The smallest absolute Gasteiger partial charge is 0.123 e. The molecule has 104 valence electrons. The lowest BCUT2D eigenvalue weighted by Gasteiger charge is -2.11. The summed E-state index contributed by atoms with van der Waals surface area (Å²) in [5.41, 5.74) is 2.25. The Labute approximate surface area is 123 Å². The van der Waals surface area contributed by atoms with Crippen molar-refractivity contribution < 1.29 is 0 Å². The lowest BCUT2D eigenvalue weighted by molar-refractivity contribution is 0.558. The second-order valence-electron chi connectivity index (χ2n) is 5.13. The van der Waals surface area contributed by atoms with Crippen molar-refractivity contribution in [1.29, 1.82) is 0 Å². The van der Waals surface area contributed by atoms with Crippen molar-refractivity contribution in [2.24, 2.45) is 7.05 Å².